The van der Waals surface area contributed by atoms with Gasteiger partial charge in [0.1, 0.15) is 24.7 Å². The molecule has 8 heteroatoms. The molecule has 0 radical (unpaired) electrons. The van der Waals surface area contributed by atoms with Crippen LogP contribution in [0.4, 0.5) is 8.78 Å². The Balaban J connectivity index is 0.00000364. The lowest BCUT2D eigenvalue weighted by atomic mass is 10.2. The van der Waals surface area contributed by atoms with Crippen molar-refractivity contribution in [1.82, 2.24) is 10.6 Å². The fraction of sp³-hybridized carbons (Fsp3) is 0.316. The Morgan fingerprint density at radius 2 is 1.74 bits per heavy atom. The Kier molecular flexibility index (Phi) is 11.2. The Morgan fingerprint density at radius 1 is 1.00 bits per heavy atom. The summed E-state index contributed by atoms with van der Waals surface area (Å²) in [6.45, 7) is 0.973. The van der Waals surface area contributed by atoms with Crippen LogP contribution in [0, 0.1) is 0 Å². The fourth-order valence-electron chi connectivity index (χ4n) is 2.17. The van der Waals surface area contributed by atoms with Crippen molar-refractivity contribution < 1.29 is 18.3 Å². The number of aliphatic imine (C=N–C) groups is 1. The summed E-state index contributed by atoms with van der Waals surface area (Å²) < 4.78 is 35.0. The van der Waals surface area contributed by atoms with E-state index in [4.69, 9.17) is 9.47 Å². The van der Waals surface area contributed by atoms with Crippen molar-refractivity contribution in [3.63, 3.8) is 0 Å². The number of rotatable bonds is 9. The van der Waals surface area contributed by atoms with E-state index in [1.54, 1.807) is 25.2 Å². The van der Waals surface area contributed by atoms with Gasteiger partial charge in [-0.3, -0.25) is 4.99 Å². The molecule has 0 heterocycles. The van der Waals surface area contributed by atoms with Crippen LogP contribution in [0.15, 0.2) is 59.6 Å². The standard InChI is InChI=1S/C19H23F2N3O2.HI/c1-22-19(23-10-11-25-16-7-3-2-4-8-16)24-13-15-6-5-9-17(12-15)26-14-18(20)21;/h2-9,12,18H,10-11,13-14H2,1H3,(H2,22,23,24);1H. The number of para-hydroxylation sites is 1. The summed E-state index contributed by atoms with van der Waals surface area (Å²) in [6, 6.07) is 16.6. The highest BCUT2D eigenvalue weighted by molar-refractivity contribution is 14.0. The second-order valence-corrected chi connectivity index (χ2v) is 5.36. The van der Waals surface area contributed by atoms with Gasteiger partial charge >= 0.3 is 0 Å². The molecule has 2 N–H and O–H groups in total. The van der Waals surface area contributed by atoms with Crippen molar-refractivity contribution in [3.05, 3.63) is 60.2 Å². The van der Waals surface area contributed by atoms with E-state index < -0.39 is 13.0 Å². The minimum Gasteiger partial charge on any atom is -0.492 e. The van der Waals surface area contributed by atoms with Crippen molar-refractivity contribution in [2.45, 2.75) is 13.0 Å². The summed E-state index contributed by atoms with van der Waals surface area (Å²) in [4.78, 5) is 4.14. The van der Waals surface area contributed by atoms with Crippen LogP contribution in [0.25, 0.3) is 0 Å². The van der Waals surface area contributed by atoms with Gasteiger partial charge in [-0.25, -0.2) is 8.78 Å². The maximum atomic E-state index is 12.2. The molecule has 2 aromatic rings. The second-order valence-electron chi connectivity index (χ2n) is 5.36. The van der Waals surface area contributed by atoms with Gasteiger partial charge in [-0.1, -0.05) is 30.3 Å². The number of guanidine groups is 1. The molecule has 0 amide bonds. The molecule has 0 saturated heterocycles. The molecule has 5 nitrogen and oxygen atoms in total. The summed E-state index contributed by atoms with van der Waals surface area (Å²) in [5.74, 6) is 1.86. The monoisotopic (exact) mass is 491 g/mol. The maximum Gasteiger partial charge on any atom is 0.272 e. The SMILES string of the molecule is CN=C(NCCOc1ccccc1)NCc1cccc(OCC(F)F)c1.I. The van der Waals surface area contributed by atoms with Gasteiger partial charge in [0.25, 0.3) is 6.43 Å². The number of alkyl halides is 2. The molecule has 0 fully saturated rings. The molecule has 0 unspecified atom stereocenters. The van der Waals surface area contributed by atoms with E-state index in [0.717, 1.165) is 11.3 Å². The fourth-order valence-corrected chi connectivity index (χ4v) is 2.17. The number of hydrogen-bond acceptors (Lipinski definition) is 3. The van der Waals surface area contributed by atoms with Gasteiger partial charge < -0.3 is 20.1 Å². The third kappa shape index (κ3) is 9.41. The van der Waals surface area contributed by atoms with Gasteiger partial charge in [0.15, 0.2) is 5.96 Å². The van der Waals surface area contributed by atoms with Gasteiger partial charge in [0, 0.05) is 13.6 Å². The summed E-state index contributed by atoms with van der Waals surface area (Å²) in [5.41, 5.74) is 0.903. The molecule has 0 aliphatic carbocycles. The zero-order valence-corrected chi connectivity index (χ0v) is 17.4. The summed E-state index contributed by atoms with van der Waals surface area (Å²) in [5, 5.41) is 6.30. The Hall–Kier alpha value is -2.10. The average molecular weight is 491 g/mol. The average Bonchev–Trinajstić information content (AvgIpc) is 2.67. The lowest BCUT2D eigenvalue weighted by Crippen LogP contribution is -2.38. The highest BCUT2D eigenvalue weighted by Gasteiger charge is 2.04. The van der Waals surface area contributed by atoms with Crippen LogP contribution in [0.3, 0.4) is 0 Å². The molecule has 0 saturated carbocycles. The van der Waals surface area contributed by atoms with Crippen LogP contribution in [-0.4, -0.2) is 39.2 Å². The van der Waals surface area contributed by atoms with E-state index >= 15 is 0 Å². The number of halogens is 3. The minimum absolute atomic E-state index is 0. The van der Waals surface area contributed by atoms with Gasteiger partial charge in [-0.05, 0) is 29.8 Å². The van der Waals surface area contributed by atoms with Crippen molar-refractivity contribution in [1.29, 1.82) is 0 Å². The van der Waals surface area contributed by atoms with Crippen LogP contribution in [-0.2, 0) is 6.54 Å². The van der Waals surface area contributed by atoms with Crippen molar-refractivity contribution in [2.75, 3.05) is 26.8 Å². The van der Waals surface area contributed by atoms with E-state index in [1.807, 2.05) is 36.4 Å². The molecule has 0 spiro atoms. The lowest BCUT2D eigenvalue weighted by molar-refractivity contribution is 0.0818. The Labute approximate surface area is 175 Å². The molecule has 0 aliphatic heterocycles. The molecule has 2 aromatic carbocycles. The predicted octanol–water partition coefficient (Wildman–Crippen LogP) is 3.69. The summed E-state index contributed by atoms with van der Waals surface area (Å²) in [6.07, 6.45) is -2.49. The van der Waals surface area contributed by atoms with Gasteiger partial charge in [-0.15, -0.1) is 24.0 Å². The van der Waals surface area contributed by atoms with E-state index in [0.29, 0.717) is 31.4 Å². The third-order valence-electron chi connectivity index (χ3n) is 3.36. The van der Waals surface area contributed by atoms with Gasteiger partial charge in [0.05, 0.1) is 6.54 Å². The highest BCUT2D eigenvalue weighted by atomic mass is 127. The number of nitrogens with one attached hydrogen (secondary N) is 2. The first-order chi connectivity index (χ1) is 12.7. The number of nitrogens with zero attached hydrogens (tertiary/aromatic N) is 1. The normalized spacial score (nSPS) is 10.9. The van der Waals surface area contributed by atoms with Crippen LogP contribution in [0.2, 0.25) is 0 Å². The van der Waals surface area contributed by atoms with Crippen molar-refractivity contribution in [3.8, 4) is 11.5 Å². The molecule has 0 aromatic heterocycles. The van der Waals surface area contributed by atoms with Crippen LogP contribution >= 0.6 is 24.0 Å². The zero-order valence-electron chi connectivity index (χ0n) is 15.0. The molecule has 0 atom stereocenters. The quantitative estimate of drug-likeness (QED) is 0.243. The molecule has 0 bridgehead atoms. The Morgan fingerprint density at radius 3 is 2.44 bits per heavy atom. The highest BCUT2D eigenvalue weighted by Crippen LogP contribution is 2.14. The van der Waals surface area contributed by atoms with Crippen LogP contribution in [0.5, 0.6) is 11.5 Å². The molecule has 2 rings (SSSR count). The first-order valence-electron chi connectivity index (χ1n) is 8.29. The van der Waals surface area contributed by atoms with Crippen molar-refractivity contribution in [2.24, 2.45) is 4.99 Å². The molecular weight excluding hydrogens is 467 g/mol. The van der Waals surface area contributed by atoms with Gasteiger partial charge in [-0.2, -0.15) is 0 Å². The minimum atomic E-state index is -2.49. The zero-order chi connectivity index (χ0) is 18.6. The molecule has 0 aliphatic rings. The second kappa shape index (κ2) is 13.1. The summed E-state index contributed by atoms with van der Waals surface area (Å²) in [7, 11) is 1.68. The topological polar surface area (TPSA) is 54.9 Å². The number of hydrogen-bond donors (Lipinski definition) is 2. The smallest absolute Gasteiger partial charge is 0.272 e. The van der Waals surface area contributed by atoms with E-state index in [1.165, 1.54) is 0 Å². The van der Waals surface area contributed by atoms with E-state index in [-0.39, 0.29) is 24.0 Å². The predicted molar refractivity (Wildman–Crippen MR) is 113 cm³/mol. The largest absolute Gasteiger partial charge is 0.492 e. The maximum absolute atomic E-state index is 12.2. The van der Waals surface area contributed by atoms with E-state index in [9.17, 15) is 8.78 Å². The number of benzene rings is 2. The first-order valence-corrected chi connectivity index (χ1v) is 8.29. The van der Waals surface area contributed by atoms with Crippen LogP contribution < -0.4 is 20.1 Å². The molecule has 27 heavy (non-hydrogen) atoms. The van der Waals surface area contributed by atoms with Crippen LogP contribution in [0.1, 0.15) is 5.56 Å². The molecule has 148 valence electrons. The van der Waals surface area contributed by atoms with Gasteiger partial charge in [0.2, 0.25) is 0 Å². The Bertz CT molecular complexity index is 688. The summed E-state index contributed by atoms with van der Waals surface area (Å²) >= 11 is 0. The third-order valence-corrected chi connectivity index (χ3v) is 3.36. The lowest BCUT2D eigenvalue weighted by Gasteiger charge is -2.13. The van der Waals surface area contributed by atoms with Crippen molar-refractivity contribution >= 4 is 29.9 Å². The first kappa shape index (κ1) is 22.9. The van der Waals surface area contributed by atoms with E-state index in [2.05, 4.69) is 15.6 Å². The molecular formula is C19H24F2IN3O2. The number of ether oxygens (including phenoxy) is 2.